The van der Waals surface area contributed by atoms with Crippen molar-refractivity contribution in [3.8, 4) is 0 Å². The van der Waals surface area contributed by atoms with Crippen molar-refractivity contribution in [1.29, 1.82) is 0 Å². The summed E-state index contributed by atoms with van der Waals surface area (Å²) in [6.45, 7) is 2.27. The van der Waals surface area contributed by atoms with Crippen LogP contribution >= 0.6 is 0 Å². The highest BCUT2D eigenvalue weighted by Crippen LogP contribution is 2.25. The summed E-state index contributed by atoms with van der Waals surface area (Å²) in [5.74, 6) is 3.23. The summed E-state index contributed by atoms with van der Waals surface area (Å²) in [4.78, 5) is 27.5. The topological polar surface area (TPSA) is 89.6 Å². The minimum absolute atomic E-state index is 0.205. The first-order valence-electron chi connectivity index (χ1n) is 12.8. The van der Waals surface area contributed by atoms with Crippen LogP contribution in [0.3, 0.4) is 0 Å². The van der Waals surface area contributed by atoms with E-state index in [1.54, 1.807) is 12.1 Å². The molecule has 1 rings (SSSR count). The van der Waals surface area contributed by atoms with Crippen LogP contribution < -0.4 is 5.90 Å². The maximum Gasteiger partial charge on any atom is 0.335 e. The summed E-state index contributed by atoms with van der Waals surface area (Å²) < 4.78 is 0. The first-order chi connectivity index (χ1) is 15.6. The Morgan fingerprint density at radius 3 is 1.53 bits per heavy atom. The molecule has 0 saturated heterocycles. The second-order valence-corrected chi connectivity index (χ2v) is 9.01. The van der Waals surface area contributed by atoms with Gasteiger partial charge >= 0.3 is 11.9 Å². The highest BCUT2D eigenvalue weighted by Gasteiger charge is 2.21. The number of unbranched alkanes of at least 4 members (excludes halogenated alkanes) is 15. The summed E-state index contributed by atoms with van der Waals surface area (Å²) >= 11 is 0. The Balaban J connectivity index is 2.06. The zero-order valence-electron chi connectivity index (χ0n) is 20.2. The normalized spacial score (nSPS) is 11.9. The Bertz CT molecular complexity index is 615. The standard InChI is InChI=1S/C27H45NO4/c1-2-3-4-5-6-7-8-9-10-11-12-13-14-15-16-17-18-25(27(31)32-28)23-19-21-24(22-20-23)26(29)30/h19-22,25H,2-18,28H2,1H3,(H,29,30). The van der Waals surface area contributed by atoms with Crippen molar-refractivity contribution in [2.24, 2.45) is 5.90 Å². The average molecular weight is 448 g/mol. The molecule has 0 fully saturated rings. The van der Waals surface area contributed by atoms with E-state index in [0.717, 1.165) is 18.4 Å². The number of carboxylic acids is 1. The van der Waals surface area contributed by atoms with Gasteiger partial charge in [0.15, 0.2) is 0 Å². The number of nitrogens with two attached hydrogens (primary N) is 1. The molecule has 0 bridgehead atoms. The minimum Gasteiger partial charge on any atom is -0.478 e. The van der Waals surface area contributed by atoms with Gasteiger partial charge < -0.3 is 9.94 Å². The molecular weight excluding hydrogens is 402 g/mol. The zero-order valence-corrected chi connectivity index (χ0v) is 20.2. The first kappa shape index (κ1) is 28.2. The molecular formula is C27H45NO4. The lowest BCUT2D eigenvalue weighted by atomic mass is 9.92. The van der Waals surface area contributed by atoms with Crippen LogP contribution in [0.5, 0.6) is 0 Å². The van der Waals surface area contributed by atoms with E-state index in [1.807, 2.05) is 0 Å². The number of hydrogen-bond acceptors (Lipinski definition) is 4. The largest absolute Gasteiger partial charge is 0.478 e. The third-order valence-electron chi connectivity index (χ3n) is 6.31. The molecule has 0 aliphatic heterocycles. The number of hydrogen-bond donors (Lipinski definition) is 2. The van der Waals surface area contributed by atoms with Crippen LogP contribution in [-0.4, -0.2) is 17.0 Å². The number of carbonyl (C=O) groups is 2. The molecule has 0 aliphatic rings. The van der Waals surface area contributed by atoms with E-state index in [2.05, 4.69) is 11.8 Å². The summed E-state index contributed by atoms with van der Waals surface area (Å²) in [7, 11) is 0. The molecule has 182 valence electrons. The van der Waals surface area contributed by atoms with Crippen molar-refractivity contribution in [2.45, 2.75) is 122 Å². The maximum absolute atomic E-state index is 12.1. The second kappa shape index (κ2) is 18.7. The molecule has 5 nitrogen and oxygen atoms in total. The summed E-state index contributed by atoms with van der Waals surface area (Å²) in [5, 5.41) is 9.02. The van der Waals surface area contributed by atoms with E-state index in [0.29, 0.717) is 6.42 Å². The third-order valence-corrected chi connectivity index (χ3v) is 6.31. The fourth-order valence-electron chi connectivity index (χ4n) is 4.26. The fraction of sp³-hybridized carbons (Fsp3) is 0.704. The van der Waals surface area contributed by atoms with Crippen LogP contribution in [-0.2, 0) is 9.63 Å². The van der Waals surface area contributed by atoms with Crippen molar-refractivity contribution in [1.82, 2.24) is 0 Å². The van der Waals surface area contributed by atoms with Crippen LogP contribution in [0.15, 0.2) is 24.3 Å². The zero-order chi connectivity index (χ0) is 23.4. The van der Waals surface area contributed by atoms with Crippen molar-refractivity contribution in [2.75, 3.05) is 0 Å². The van der Waals surface area contributed by atoms with Crippen LogP contribution in [0.1, 0.15) is 138 Å². The molecule has 0 saturated carbocycles. The van der Waals surface area contributed by atoms with Crippen LogP contribution in [0.25, 0.3) is 0 Å². The van der Waals surface area contributed by atoms with Crippen LogP contribution in [0.4, 0.5) is 0 Å². The van der Waals surface area contributed by atoms with Gasteiger partial charge in [0.2, 0.25) is 0 Å². The van der Waals surface area contributed by atoms with E-state index >= 15 is 0 Å². The van der Waals surface area contributed by atoms with E-state index in [1.165, 1.54) is 102 Å². The van der Waals surface area contributed by atoms with E-state index in [-0.39, 0.29) is 5.56 Å². The van der Waals surface area contributed by atoms with Crippen molar-refractivity contribution < 1.29 is 19.5 Å². The molecule has 32 heavy (non-hydrogen) atoms. The molecule has 1 aromatic carbocycles. The first-order valence-corrected chi connectivity index (χ1v) is 12.8. The maximum atomic E-state index is 12.1. The van der Waals surface area contributed by atoms with Gasteiger partial charge in [-0.3, -0.25) is 0 Å². The fourth-order valence-corrected chi connectivity index (χ4v) is 4.26. The highest BCUT2D eigenvalue weighted by molar-refractivity contribution is 5.87. The lowest BCUT2D eigenvalue weighted by Gasteiger charge is -2.14. The van der Waals surface area contributed by atoms with E-state index in [9.17, 15) is 9.59 Å². The molecule has 0 aliphatic carbocycles. The lowest BCUT2D eigenvalue weighted by Crippen LogP contribution is -2.19. The molecule has 1 aromatic rings. The minimum atomic E-state index is -0.979. The number of rotatable bonds is 20. The Kier molecular flexibility index (Phi) is 16.4. The Morgan fingerprint density at radius 1 is 0.750 bits per heavy atom. The van der Waals surface area contributed by atoms with Gasteiger partial charge in [-0.2, -0.15) is 5.90 Å². The monoisotopic (exact) mass is 447 g/mol. The Labute approximate surface area is 195 Å². The molecule has 0 spiro atoms. The van der Waals surface area contributed by atoms with Gasteiger partial charge in [0, 0.05) is 0 Å². The predicted octanol–water partition coefficient (Wildman–Crippen LogP) is 7.54. The van der Waals surface area contributed by atoms with E-state index < -0.39 is 17.9 Å². The van der Waals surface area contributed by atoms with Crippen molar-refractivity contribution >= 4 is 11.9 Å². The highest BCUT2D eigenvalue weighted by atomic mass is 16.7. The van der Waals surface area contributed by atoms with Crippen LogP contribution in [0, 0.1) is 0 Å². The van der Waals surface area contributed by atoms with Crippen molar-refractivity contribution in [3.05, 3.63) is 35.4 Å². The third kappa shape index (κ3) is 12.8. The average Bonchev–Trinajstić information content (AvgIpc) is 2.81. The summed E-state index contributed by atoms with van der Waals surface area (Å²) in [6, 6.07) is 6.39. The predicted molar refractivity (Wildman–Crippen MR) is 131 cm³/mol. The molecule has 5 heteroatoms. The number of aromatic carboxylic acids is 1. The second-order valence-electron chi connectivity index (χ2n) is 9.01. The molecule has 1 atom stereocenters. The van der Waals surface area contributed by atoms with Crippen molar-refractivity contribution in [3.63, 3.8) is 0 Å². The Hall–Kier alpha value is -1.88. The van der Waals surface area contributed by atoms with Gasteiger partial charge in [0.1, 0.15) is 0 Å². The lowest BCUT2D eigenvalue weighted by molar-refractivity contribution is -0.146. The molecule has 0 aromatic heterocycles. The van der Waals surface area contributed by atoms with Crippen LogP contribution in [0.2, 0.25) is 0 Å². The summed E-state index contributed by atoms with van der Waals surface area (Å²) in [5.41, 5.74) is 0.961. The van der Waals surface area contributed by atoms with Gasteiger partial charge in [-0.15, -0.1) is 0 Å². The molecule has 1 unspecified atom stereocenters. The number of carboxylic acid groups (broad SMARTS) is 1. The molecule has 0 heterocycles. The number of carbonyl (C=O) groups excluding carboxylic acids is 1. The molecule has 0 amide bonds. The van der Waals surface area contributed by atoms with Gasteiger partial charge in [-0.05, 0) is 24.1 Å². The summed E-state index contributed by atoms with van der Waals surface area (Å²) in [6.07, 6.45) is 21.6. The quantitative estimate of drug-likeness (QED) is 0.159. The SMILES string of the molecule is CCCCCCCCCCCCCCCCCCC(C(=O)ON)c1ccc(C(=O)O)cc1. The Morgan fingerprint density at radius 2 is 1.16 bits per heavy atom. The number of benzene rings is 1. The van der Waals surface area contributed by atoms with Gasteiger partial charge in [-0.25, -0.2) is 9.59 Å². The van der Waals surface area contributed by atoms with Gasteiger partial charge in [0.25, 0.3) is 0 Å². The smallest absolute Gasteiger partial charge is 0.335 e. The van der Waals surface area contributed by atoms with Gasteiger partial charge in [0.05, 0.1) is 11.5 Å². The van der Waals surface area contributed by atoms with Gasteiger partial charge in [-0.1, -0.05) is 122 Å². The molecule has 3 N–H and O–H groups in total. The molecule has 0 radical (unpaired) electrons. The van der Waals surface area contributed by atoms with E-state index in [4.69, 9.17) is 11.0 Å².